The molecule has 2 aromatic rings. The third-order valence-corrected chi connectivity index (χ3v) is 4.77. The van der Waals surface area contributed by atoms with Crippen LogP contribution in [0.1, 0.15) is 52.2 Å². The molecule has 0 spiro atoms. The summed E-state index contributed by atoms with van der Waals surface area (Å²) in [6.07, 6.45) is 2.13. The van der Waals surface area contributed by atoms with Crippen molar-refractivity contribution in [2.24, 2.45) is 0 Å². The molecular formula is C20H24N2O5. The van der Waals surface area contributed by atoms with Crippen LogP contribution in [0.4, 0.5) is 4.79 Å². The summed E-state index contributed by atoms with van der Waals surface area (Å²) in [5, 5.41) is 3.06. The Morgan fingerprint density at radius 1 is 1.26 bits per heavy atom. The molecule has 0 fully saturated rings. The smallest absolute Gasteiger partial charge is 0.341 e. The van der Waals surface area contributed by atoms with Crippen LogP contribution in [0.3, 0.4) is 0 Å². The Balaban J connectivity index is 1.72. The van der Waals surface area contributed by atoms with E-state index in [0.29, 0.717) is 30.0 Å². The number of benzene rings is 1. The van der Waals surface area contributed by atoms with Crippen molar-refractivity contribution in [2.45, 2.75) is 39.4 Å². The number of rotatable bonds is 5. The van der Waals surface area contributed by atoms with Crippen LogP contribution < -0.4 is 10.1 Å². The summed E-state index contributed by atoms with van der Waals surface area (Å²) >= 11 is 0. The van der Waals surface area contributed by atoms with Crippen molar-refractivity contribution in [3.8, 4) is 5.75 Å². The lowest BCUT2D eigenvalue weighted by Gasteiger charge is -2.23. The monoisotopic (exact) mass is 372 g/mol. The normalized spacial score (nSPS) is 13.9. The number of urea groups is 1. The first kappa shape index (κ1) is 18.8. The number of esters is 1. The average Bonchev–Trinajstić information content (AvgIpc) is 3.25. The average molecular weight is 372 g/mol. The Bertz CT molecular complexity index is 858. The summed E-state index contributed by atoms with van der Waals surface area (Å²) in [5.74, 6) is 0.928. The van der Waals surface area contributed by atoms with E-state index in [1.165, 1.54) is 13.4 Å². The minimum absolute atomic E-state index is 0.140. The van der Waals surface area contributed by atoms with Crippen LogP contribution in [0, 0.1) is 6.92 Å². The lowest BCUT2D eigenvalue weighted by molar-refractivity contribution is 0.0598. The lowest BCUT2D eigenvalue weighted by atomic mass is 10.0. The van der Waals surface area contributed by atoms with Crippen LogP contribution in [-0.4, -0.2) is 31.1 Å². The second kappa shape index (κ2) is 7.73. The van der Waals surface area contributed by atoms with Crippen molar-refractivity contribution in [3.63, 3.8) is 0 Å². The van der Waals surface area contributed by atoms with Gasteiger partial charge in [-0.15, -0.1) is 0 Å². The van der Waals surface area contributed by atoms with E-state index in [0.717, 1.165) is 23.3 Å². The zero-order valence-electron chi connectivity index (χ0n) is 16.0. The van der Waals surface area contributed by atoms with Gasteiger partial charge in [0.1, 0.15) is 23.3 Å². The molecule has 1 atom stereocenters. The molecule has 1 unspecified atom stereocenters. The van der Waals surface area contributed by atoms with Crippen LogP contribution in [0.25, 0.3) is 0 Å². The third kappa shape index (κ3) is 3.77. The lowest BCUT2D eigenvalue weighted by Crippen LogP contribution is -2.38. The zero-order chi connectivity index (χ0) is 19.6. The fourth-order valence-corrected chi connectivity index (χ4v) is 3.33. The van der Waals surface area contributed by atoms with Gasteiger partial charge in [0.25, 0.3) is 0 Å². The number of ether oxygens (including phenoxy) is 2. The van der Waals surface area contributed by atoms with Gasteiger partial charge in [-0.3, -0.25) is 0 Å². The van der Waals surface area contributed by atoms with E-state index in [-0.39, 0.29) is 12.1 Å². The van der Waals surface area contributed by atoms with E-state index in [4.69, 9.17) is 13.9 Å². The number of aryl methyl sites for hydroxylation is 1. The van der Waals surface area contributed by atoms with Crippen molar-refractivity contribution >= 4 is 12.0 Å². The van der Waals surface area contributed by atoms with E-state index in [1.807, 2.05) is 32.0 Å². The van der Waals surface area contributed by atoms with Gasteiger partial charge in [-0.2, -0.15) is 0 Å². The first-order chi connectivity index (χ1) is 13.0. The molecule has 27 heavy (non-hydrogen) atoms. The highest BCUT2D eigenvalue weighted by Gasteiger charge is 2.32. The number of hydrogen-bond donors (Lipinski definition) is 1. The van der Waals surface area contributed by atoms with Gasteiger partial charge in [0.15, 0.2) is 0 Å². The minimum atomic E-state index is -0.458. The molecule has 1 aromatic heterocycles. The highest BCUT2D eigenvalue weighted by Crippen LogP contribution is 2.29. The van der Waals surface area contributed by atoms with Crippen LogP contribution in [-0.2, 0) is 17.8 Å². The second-order valence-corrected chi connectivity index (χ2v) is 6.59. The van der Waals surface area contributed by atoms with E-state index in [1.54, 1.807) is 12.0 Å². The molecule has 0 bridgehead atoms. The van der Waals surface area contributed by atoms with Crippen LogP contribution >= 0.6 is 0 Å². The number of nitrogens with one attached hydrogen (secondary N) is 1. The Morgan fingerprint density at radius 3 is 2.70 bits per heavy atom. The minimum Gasteiger partial charge on any atom is -0.497 e. The molecular weight excluding hydrogens is 348 g/mol. The van der Waals surface area contributed by atoms with Crippen molar-refractivity contribution in [1.82, 2.24) is 10.2 Å². The van der Waals surface area contributed by atoms with E-state index in [9.17, 15) is 9.59 Å². The molecule has 2 heterocycles. The fraction of sp³-hybridized carbons (Fsp3) is 0.400. The van der Waals surface area contributed by atoms with Gasteiger partial charge in [-0.05, 0) is 36.6 Å². The summed E-state index contributed by atoms with van der Waals surface area (Å²) in [7, 11) is 2.95. The summed E-state index contributed by atoms with van der Waals surface area (Å²) in [5.41, 5.74) is 3.15. The fourth-order valence-electron chi connectivity index (χ4n) is 3.33. The van der Waals surface area contributed by atoms with Gasteiger partial charge in [-0.1, -0.05) is 13.0 Å². The molecule has 0 saturated heterocycles. The van der Waals surface area contributed by atoms with Crippen LogP contribution in [0.15, 0.2) is 28.9 Å². The molecule has 0 saturated carbocycles. The number of furan rings is 1. The molecule has 1 aliphatic heterocycles. The van der Waals surface area contributed by atoms with Gasteiger partial charge in [0.2, 0.25) is 0 Å². The van der Waals surface area contributed by atoms with Crippen LogP contribution in [0.2, 0.25) is 0 Å². The molecule has 3 rings (SSSR count). The highest BCUT2D eigenvalue weighted by atomic mass is 16.5. The van der Waals surface area contributed by atoms with Crippen molar-refractivity contribution in [3.05, 3.63) is 52.5 Å². The summed E-state index contributed by atoms with van der Waals surface area (Å²) in [4.78, 5) is 26.2. The number of nitrogens with zero attached hydrogens (tertiary/aromatic N) is 1. The molecule has 0 radical (unpaired) electrons. The molecule has 1 aromatic carbocycles. The number of methoxy groups -OCH3 is 2. The molecule has 2 amide bonds. The Hall–Kier alpha value is -2.96. The maximum absolute atomic E-state index is 12.8. The largest absolute Gasteiger partial charge is 0.497 e. The van der Waals surface area contributed by atoms with Gasteiger partial charge in [0.05, 0.1) is 33.4 Å². The topological polar surface area (TPSA) is 81.0 Å². The molecule has 144 valence electrons. The Labute approximate surface area is 158 Å². The Kier molecular flexibility index (Phi) is 5.39. The number of carbonyl (C=O) groups is 2. The SMILES string of the molecule is CCC(NC(=O)N1Cc2occ(C(=O)OC)c2C1)c1cc(C)cc(OC)c1. The number of fused-ring (bicyclic) bond motifs is 1. The van der Waals surface area contributed by atoms with E-state index < -0.39 is 5.97 Å². The summed E-state index contributed by atoms with van der Waals surface area (Å²) < 4.78 is 15.5. The number of amides is 2. The van der Waals surface area contributed by atoms with Gasteiger partial charge in [-0.25, -0.2) is 9.59 Å². The van der Waals surface area contributed by atoms with Gasteiger partial charge < -0.3 is 24.1 Å². The standard InChI is InChI=1S/C20H24N2O5/c1-5-17(13-6-12(2)7-14(8-13)25-3)21-20(24)22-9-15-16(19(23)26-4)11-27-18(15)10-22/h6-8,11,17H,5,9-10H2,1-4H3,(H,21,24). The van der Waals surface area contributed by atoms with Crippen molar-refractivity contribution in [2.75, 3.05) is 14.2 Å². The molecule has 7 nitrogen and oxygen atoms in total. The quantitative estimate of drug-likeness (QED) is 0.812. The maximum Gasteiger partial charge on any atom is 0.341 e. The molecule has 1 N–H and O–H groups in total. The maximum atomic E-state index is 12.8. The number of hydrogen-bond acceptors (Lipinski definition) is 5. The van der Waals surface area contributed by atoms with Gasteiger partial charge >= 0.3 is 12.0 Å². The summed E-state index contributed by atoms with van der Waals surface area (Å²) in [6.45, 7) is 4.65. The van der Waals surface area contributed by atoms with Crippen molar-refractivity contribution in [1.29, 1.82) is 0 Å². The second-order valence-electron chi connectivity index (χ2n) is 6.59. The predicted molar refractivity (Wildman–Crippen MR) is 98.6 cm³/mol. The highest BCUT2D eigenvalue weighted by molar-refractivity contribution is 5.91. The first-order valence-corrected chi connectivity index (χ1v) is 8.85. The van der Waals surface area contributed by atoms with E-state index >= 15 is 0 Å². The first-order valence-electron chi connectivity index (χ1n) is 8.85. The number of carbonyl (C=O) groups excluding carboxylic acids is 2. The van der Waals surface area contributed by atoms with E-state index in [2.05, 4.69) is 5.32 Å². The zero-order valence-corrected chi connectivity index (χ0v) is 16.0. The Morgan fingerprint density at radius 2 is 2.04 bits per heavy atom. The molecule has 0 aliphatic carbocycles. The van der Waals surface area contributed by atoms with Crippen molar-refractivity contribution < 1.29 is 23.5 Å². The van der Waals surface area contributed by atoms with Gasteiger partial charge in [0, 0.05) is 5.56 Å². The van der Waals surface area contributed by atoms with Crippen LogP contribution in [0.5, 0.6) is 5.75 Å². The third-order valence-electron chi connectivity index (χ3n) is 4.77. The summed E-state index contributed by atoms with van der Waals surface area (Å²) in [6, 6.07) is 5.58. The molecule has 1 aliphatic rings. The predicted octanol–water partition coefficient (Wildman–Crippen LogP) is 3.56. The molecule has 7 heteroatoms.